The fraction of sp³-hybridized carbons (Fsp3) is 0.429. The van der Waals surface area contributed by atoms with Crippen molar-refractivity contribution in [3.05, 3.63) is 45.0 Å². The number of piperazine rings is 1. The summed E-state index contributed by atoms with van der Waals surface area (Å²) in [7, 11) is 1.47. The number of carbonyl (C=O) groups excluding carboxylic acids is 1. The Kier molecular flexibility index (Phi) is 6.41. The predicted octanol–water partition coefficient (Wildman–Crippen LogP) is 1.87. The molecule has 31 heavy (non-hydrogen) atoms. The zero-order valence-corrected chi connectivity index (χ0v) is 18.7. The molecule has 0 atom stereocenters. The van der Waals surface area contributed by atoms with E-state index in [1.165, 1.54) is 7.05 Å². The molecule has 0 aliphatic carbocycles. The van der Waals surface area contributed by atoms with E-state index < -0.39 is 11.2 Å². The average Bonchev–Trinajstić information content (AvgIpc) is 2.71. The van der Waals surface area contributed by atoms with E-state index in [9.17, 15) is 9.59 Å². The van der Waals surface area contributed by atoms with Crippen molar-refractivity contribution >= 4 is 29.2 Å². The van der Waals surface area contributed by atoms with Gasteiger partial charge in [0.2, 0.25) is 0 Å². The third-order valence-electron chi connectivity index (χ3n) is 4.57. The average molecular weight is 445 g/mol. The number of rotatable bonds is 1. The van der Waals surface area contributed by atoms with Crippen LogP contribution in [0.25, 0.3) is 0 Å². The minimum atomic E-state index is -0.510. The monoisotopic (exact) mass is 444 g/mol. The molecule has 2 N–H and O–H groups in total. The molecule has 0 saturated carbocycles. The summed E-state index contributed by atoms with van der Waals surface area (Å²) in [5.74, 6) is 6.51. The highest BCUT2D eigenvalue weighted by molar-refractivity contribution is 6.30. The summed E-state index contributed by atoms with van der Waals surface area (Å²) in [5, 5.41) is 3.96. The number of nitrogens with zero attached hydrogens (tertiary/aromatic N) is 5. The minimum Gasteiger partial charge on any atom is -0.444 e. The number of anilines is 2. The van der Waals surface area contributed by atoms with Crippen LogP contribution in [0, 0.1) is 11.8 Å². The number of nitrogen functional groups attached to an aromatic ring is 1. The molecule has 0 unspecified atom stereocenters. The smallest absolute Gasteiger partial charge is 0.410 e. The number of carbonyl (C=O) groups is 1. The number of aromatic nitrogens is 3. The maximum atomic E-state index is 12.2. The highest BCUT2D eigenvalue weighted by atomic mass is 35.5. The molecule has 2 aromatic rings. The van der Waals surface area contributed by atoms with Gasteiger partial charge in [0.1, 0.15) is 17.1 Å². The Morgan fingerprint density at radius 3 is 2.45 bits per heavy atom. The summed E-state index contributed by atoms with van der Waals surface area (Å²) in [4.78, 5) is 32.4. The molecule has 1 fully saturated rings. The number of nitrogens with two attached hydrogens (primary N) is 1. The number of amides is 1. The van der Waals surface area contributed by atoms with Crippen LogP contribution in [0.3, 0.4) is 0 Å². The van der Waals surface area contributed by atoms with E-state index in [4.69, 9.17) is 22.1 Å². The highest BCUT2D eigenvalue weighted by Gasteiger charge is 2.26. The van der Waals surface area contributed by atoms with Gasteiger partial charge in [-0.15, -0.1) is 0 Å². The molecule has 9 nitrogen and oxygen atoms in total. The first-order valence-electron chi connectivity index (χ1n) is 9.78. The van der Waals surface area contributed by atoms with Crippen molar-refractivity contribution < 1.29 is 9.53 Å². The Bertz CT molecular complexity index is 1090. The van der Waals surface area contributed by atoms with E-state index in [1.54, 1.807) is 11.1 Å². The van der Waals surface area contributed by atoms with Gasteiger partial charge < -0.3 is 20.3 Å². The van der Waals surface area contributed by atoms with Crippen molar-refractivity contribution in [2.45, 2.75) is 26.4 Å². The Morgan fingerprint density at radius 2 is 1.87 bits per heavy atom. The minimum absolute atomic E-state index is 0.0394. The fourth-order valence-electron chi connectivity index (χ4n) is 2.96. The van der Waals surface area contributed by atoms with Crippen molar-refractivity contribution in [1.29, 1.82) is 0 Å². The van der Waals surface area contributed by atoms with E-state index in [0.29, 0.717) is 31.7 Å². The standard InChI is InChI=1S/C21H25ClN6O3/c1-21(2,3)31-20(30)28-11-9-27(10-12-28)16-8-6-14(13-24-16)5-7-15-17(23)19(29)26(4)25-18(15)22/h6,8,13H,9-12,23H2,1-4H3. The number of hydrogen-bond acceptors (Lipinski definition) is 7. The third-order valence-corrected chi connectivity index (χ3v) is 4.84. The lowest BCUT2D eigenvalue weighted by atomic mass is 10.2. The molecule has 0 aromatic carbocycles. The molecule has 164 valence electrons. The van der Waals surface area contributed by atoms with Gasteiger partial charge in [-0.25, -0.2) is 14.5 Å². The summed E-state index contributed by atoms with van der Waals surface area (Å²) < 4.78 is 6.49. The van der Waals surface area contributed by atoms with Crippen molar-refractivity contribution in [2.75, 3.05) is 36.8 Å². The van der Waals surface area contributed by atoms with E-state index >= 15 is 0 Å². The van der Waals surface area contributed by atoms with Gasteiger partial charge in [0, 0.05) is 45.0 Å². The van der Waals surface area contributed by atoms with Crippen LogP contribution in [-0.2, 0) is 11.8 Å². The van der Waals surface area contributed by atoms with E-state index in [0.717, 1.165) is 10.5 Å². The molecule has 1 saturated heterocycles. The predicted molar refractivity (Wildman–Crippen MR) is 119 cm³/mol. The molecular weight excluding hydrogens is 420 g/mol. The van der Waals surface area contributed by atoms with Gasteiger partial charge in [-0.05, 0) is 32.9 Å². The molecule has 0 radical (unpaired) electrons. The molecule has 2 aromatic heterocycles. The Labute approximate surface area is 185 Å². The van der Waals surface area contributed by atoms with Gasteiger partial charge in [-0.1, -0.05) is 23.4 Å². The van der Waals surface area contributed by atoms with Crippen molar-refractivity contribution in [3.8, 4) is 11.8 Å². The van der Waals surface area contributed by atoms with Crippen LogP contribution in [0.2, 0.25) is 5.15 Å². The fourth-order valence-corrected chi connectivity index (χ4v) is 3.23. The first-order chi connectivity index (χ1) is 14.5. The van der Waals surface area contributed by atoms with Crippen LogP contribution in [0.15, 0.2) is 23.1 Å². The Morgan fingerprint density at radius 1 is 1.19 bits per heavy atom. The van der Waals surface area contributed by atoms with Gasteiger partial charge >= 0.3 is 6.09 Å². The number of ether oxygens (including phenoxy) is 1. The lowest BCUT2D eigenvalue weighted by Gasteiger charge is -2.36. The van der Waals surface area contributed by atoms with Crippen molar-refractivity contribution in [1.82, 2.24) is 19.7 Å². The topological polar surface area (TPSA) is 107 Å². The Hall–Kier alpha value is -3.25. The Balaban J connectivity index is 1.65. The second kappa shape index (κ2) is 8.86. The van der Waals surface area contributed by atoms with Crippen LogP contribution >= 0.6 is 11.6 Å². The summed E-state index contributed by atoms with van der Waals surface area (Å²) in [5.41, 5.74) is 5.66. The van der Waals surface area contributed by atoms with Crippen LogP contribution in [0.4, 0.5) is 16.3 Å². The quantitative estimate of drug-likeness (QED) is 0.669. The molecule has 3 heterocycles. The second-order valence-corrected chi connectivity index (χ2v) is 8.48. The lowest BCUT2D eigenvalue weighted by Crippen LogP contribution is -2.50. The summed E-state index contributed by atoms with van der Waals surface area (Å²) in [6.07, 6.45) is 1.34. The molecule has 3 rings (SSSR count). The van der Waals surface area contributed by atoms with Gasteiger partial charge in [0.15, 0.2) is 5.15 Å². The molecule has 0 spiro atoms. The maximum Gasteiger partial charge on any atom is 0.410 e. The number of hydrogen-bond donors (Lipinski definition) is 1. The first kappa shape index (κ1) is 22.4. The zero-order valence-electron chi connectivity index (χ0n) is 18.0. The summed E-state index contributed by atoms with van der Waals surface area (Å²) in [6, 6.07) is 3.69. The molecule has 1 amide bonds. The second-order valence-electron chi connectivity index (χ2n) is 8.12. The van der Waals surface area contributed by atoms with Crippen molar-refractivity contribution in [2.24, 2.45) is 7.05 Å². The summed E-state index contributed by atoms with van der Waals surface area (Å²) in [6.45, 7) is 7.99. The molecule has 1 aliphatic rings. The zero-order chi connectivity index (χ0) is 22.8. The highest BCUT2D eigenvalue weighted by Crippen LogP contribution is 2.17. The van der Waals surface area contributed by atoms with Crippen LogP contribution in [0.1, 0.15) is 31.9 Å². The lowest BCUT2D eigenvalue weighted by molar-refractivity contribution is 0.0240. The largest absolute Gasteiger partial charge is 0.444 e. The normalized spacial score (nSPS) is 14.1. The van der Waals surface area contributed by atoms with Gasteiger partial charge in [-0.3, -0.25) is 4.79 Å². The first-order valence-corrected chi connectivity index (χ1v) is 10.2. The van der Waals surface area contributed by atoms with Crippen LogP contribution < -0.4 is 16.2 Å². The van der Waals surface area contributed by atoms with E-state index in [2.05, 4.69) is 26.8 Å². The SMILES string of the molecule is Cn1nc(Cl)c(C#Cc2ccc(N3CCN(C(=O)OC(C)(C)C)CC3)nc2)c(N)c1=O. The molecule has 1 aliphatic heterocycles. The van der Waals surface area contributed by atoms with Gasteiger partial charge in [0.25, 0.3) is 5.56 Å². The number of halogens is 1. The van der Waals surface area contributed by atoms with Crippen LogP contribution in [-0.4, -0.2) is 57.5 Å². The van der Waals surface area contributed by atoms with Crippen molar-refractivity contribution in [3.63, 3.8) is 0 Å². The number of aryl methyl sites for hydroxylation is 1. The van der Waals surface area contributed by atoms with Gasteiger partial charge in [0.05, 0.1) is 5.56 Å². The number of pyridine rings is 1. The van der Waals surface area contributed by atoms with Gasteiger partial charge in [-0.2, -0.15) is 5.10 Å². The van der Waals surface area contributed by atoms with E-state index in [-0.39, 0.29) is 22.5 Å². The molecule has 10 heteroatoms. The summed E-state index contributed by atoms with van der Waals surface area (Å²) >= 11 is 6.06. The van der Waals surface area contributed by atoms with Crippen LogP contribution in [0.5, 0.6) is 0 Å². The molecular formula is C21H25ClN6O3. The maximum absolute atomic E-state index is 12.2. The molecule has 0 bridgehead atoms. The van der Waals surface area contributed by atoms with E-state index in [1.807, 2.05) is 32.9 Å². The third kappa shape index (κ3) is 5.47.